The summed E-state index contributed by atoms with van der Waals surface area (Å²) in [6.07, 6.45) is -0.432. The number of halogens is 3. The number of hydrogen-bond donors (Lipinski definition) is 2. The number of nitrogens with zero attached hydrogens (tertiary/aromatic N) is 4. The summed E-state index contributed by atoms with van der Waals surface area (Å²) in [5.41, 5.74) is 6.13. The Morgan fingerprint density at radius 2 is 1.97 bits per heavy atom. The molecule has 0 radical (unpaired) electrons. The zero-order valence-electron chi connectivity index (χ0n) is 20.7. The van der Waals surface area contributed by atoms with Crippen LogP contribution in [0.2, 0.25) is 0 Å². The Bertz CT molecular complexity index is 1430. The van der Waals surface area contributed by atoms with Gasteiger partial charge in [-0.15, -0.1) is 11.3 Å². The van der Waals surface area contributed by atoms with Gasteiger partial charge >= 0.3 is 6.18 Å². The highest BCUT2D eigenvalue weighted by Gasteiger charge is 2.42. The summed E-state index contributed by atoms with van der Waals surface area (Å²) >= 11 is 1.34. The smallest absolute Gasteiger partial charge is 0.422 e. The highest BCUT2D eigenvalue weighted by Crippen LogP contribution is 2.49. The van der Waals surface area contributed by atoms with Crippen molar-refractivity contribution in [2.45, 2.75) is 31.5 Å². The number of carbonyl (C=O) groups excluding carboxylic acids is 1. The molecule has 4 aromatic rings. The maximum Gasteiger partial charge on any atom is 0.422 e. The second-order valence-electron chi connectivity index (χ2n) is 8.97. The molecule has 1 amide bonds. The van der Waals surface area contributed by atoms with E-state index in [4.69, 9.17) is 10.5 Å². The van der Waals surface area contributed by atoms with Gasteiger partial charge in [0, 0.05) is 30.1 Å². The third-order valence-electron chi connectivity index (χ3n) is 6.33. The standard InChI is InChI=1S/C27H25F3N6O2S/c28-27(29,30)24-22(38-20-6-2-1-3-7-20)9-8-21(25(24)36-12-4-5-19(36)14-31)35-23(37)13-18-16-39-26(34-18)17-10-11-32-33-15-17/h1-3,6-11,15-16,19H,4-5,12-14,31H2,(H,35,37)/t19-/m1/s1. The summed E-state index contributed by atoms with van der Waals surface area (Å²) in [6, 6.07) is 12.4. The van der Waals surface area contributed by atoms with Crippen LogP contribution < -0.4 is 20.7 Å². The van der Waals surface area contributed by atoms with Gasteiger partial charge in [-0.25, -0.2) is 4.98 Å². The molecule has 3 heterocycles. The zero-order valence-corrected chi connectivity index (χ0v) is 21.5. The molecule has 1 atom stereocenters. The summed E-state index contributed by atoms with van der Waals surface area (Å²) < 4.78 is 49.7. The molecule has 1 aliphatic rings. The Hall–Kier alpha value is -4.03. The monoisotopic (exact) mass is 554 g/mol. The van der Waals surface area contributed by atoms with Gasteiger partial charge in [0.15, 0.2) is 0 Å². The molecular weight excluding hydrogens is 529 g/mol. The van der Waals surface area contributed by atoms with Gasteiger partial charge < -0.3 is 20.7 Å². The molecule has 0 unspecified atom stereocenters. The Morgan fingerprint density at radius 3 is 2.69 bits per heavy atom. The molecule has 5 rings (SSSR count). The topological polar surface area (TPSA) is 106 Å². The van der Waals surface area contributed by atoms with E-state index in [0.717, 1.165) is 5.56 Å². The minimum absolute atomic E-state index is 0.0434. The highest BCUT2D eigenvalue weighted by atomic mass is 32.1. The zero-order chi connectivity index (χ0) is 27.4. The Labute approximate surface area is 226 Å². The van der Waals surface area contributed by atoms with Gasteiger partial charge in [0.2, 0.25) is 5.91 Å². The van der Waals surface area contributed by atoms with Crippen molar-refractivity contribution < 1.29 is 22.7 Å². The summed E-state index contributed by atoms with van der Waals surface area (Å²) in [4.78, 5) is 19.2. The molecule has 0 aliphatic carbocycles. The number of aromatic nitrogens is 3. The van der Waals surface area contributed by atoms with Crippen LogP contribution in [0.5, 0.6) is 11.5 Å². The molecule has 1 saturated heterocycles. The third kappa shape index (κ3) is 6.02. The fourth-order valence-corrected chi connectivity index (χ4v) is 5.43. The van der Waals surface area contributed by atoms with E-state index in [2.05, 4.69) is 20.5 Å². The van der Waals surface area contributed by atoms with E-state index in [1.54, 1.807) is 59.1 Å². The molecule has 2 aromatic heterocycles. The normalized spacial score (nSPS) is 15.4. The van der Waals surface area contributed by atoms with Gasteiger partial charge in [0.25, 0.3) is 0 Å². The molecule has 0 saturated carbocycles. The second-order valence-corrected chi connectivity index (χ2v) is 9.83. The average Bonchev–Trinajstić information content (AvgIpc) is 3.59. The van der Waals surface area contributed by atoms with Crippen LogP contribution in [0.3, 0.4) is 0 Å². The predicted octanol–water partition coefficient (Wildman–Crippen LogP) is 5.52. The highest BCUT2D eigenvalue weighted by molar-refractivity contribution is 7.13. The van der Waals surface area contributed by atoms with E-state index in [0.29, 0.717) is 30.1 Å². The van der Waals surface area contributed by atoms with Gasteiger partial charge in [0.1, 0.15) is 22.1 Å². The lowest BCUT2D eigenvalue weighted by Crippen LogP contribution is -2.37. The second kappa shape index (κ2) is 11.4. The van der Waals surface area contributed by atoms with Crippen molar-refractivity contribution in [3.05, 3.63) is 77.6 Å². The van der Waals surface area contributed by atoms with Crippen molar-refractivity contribution in [2.75, 3.05) is 23.3 Å². The molecule has 39 heavy (non-hydrogen) atoms. The van der Waals surface area contributed by atoms with Crippen molar-refractivity contribution in [3.8, 4) is 22.1 Å². The van der Waals surface area contributed by atoms with Crippen molar-refractivity contribution in [3.63, 3.8) is 0 Å². The predicted molar refractivity (Wildman–Crippen MR) is 143 cm³/mol. The number of nitrogens with two attached hydrogens (primary N) is 1. The quantitative estimate of drug-likeness (QED) is 0.295. The van der Waals surface area contributed by atoms with Crippen molar-refractivity contribution in [2.24, 2.45) is 5.73 Å². The lowest BCUT2D eigenvalue weighted by atomic mass is 10.1. The number of benzene rings is 2. The van der Waals surface area contributed by atoms with E-state index in [1.807, 2.05) is 0 Å². The van der Waals surface area contributed by atoms with E-state index < -0.39 is 17.6 Å². The van der Waals surface area contributed by atoms with E-state index in [-0.39, 0.29) is 41.9 Å². The fourth-order valence-electron chi connectivity index (χ4n) is 4.62. The average molecular weight is 555 g/mol. The van der Waals surface area contributed by atoms with Crippen LogP contribution in [0.1, 0.15) is 24.1 Å². The summed E-state index contributed by atoms with van der Waals surface area (Å²) in [5.74, 6) is -0.569. The first kappa shape index (κ1) is 26.6. The van der Waals surface area contributed by atoms with Crippen LogP contribution in [0.4, 0.5) is 24.5 Å². The fraction of sp³-hybridized carbons (Fsp3) is 0.259. The minimum atomic E-state index is -4.76. The SMILES string of the molecule is NC[C@H]1CCCN1c1c(NC(=O)Cc2csc(-c3ccnnc3)n2)ccc(Oc2ccccc2)c1C(F)(F)F. The summed E-state index contributed by atoms with van der Waals surface area (Å²) in [7, 11) is 0. The molecule has 1 aliphatic heterocycles. The van der Waals surface area contributed by atoms with Gasteiger partial charge in [-0.1, -0.05) is 18.2 Å². The van der Waals surface area contributed by atoms with Crippen LogP contribution in [0.15, 0.2) is 66.3 Å². The van der Waals surface area contributed by atoms with Crippen LogP contribution in [0, 0.1) is 0 Å². The Balaban J connectivity index is 1.48. The van der Waals surface area contributed by atoms with Gasteiger partial charge in [-0.05, 0) is 43.2 Å². The van der Waals surface area contributed by atoms with Gasteiger partial charge in [-0.2, -0.15) is 23.4 Å². The largest absolute Gasteiger partial charge is 0.457 e. The molecule has 2 aromatic carbocycles. The van der Waals surface area contributed by atoms with E-state index in [9.17, 15) is 18.0 Å². The van der Waals surface area contributed by atoms with Gasteiger partial charge in [-0.3, -0.25) is 4.79 Å². The number of amides is 1. The first-order chi connectivity index (χ1) is 18.8. The number of nitrogens with one attached hydrogen (secondary N) is 1. The lowest BCUT2D eigenvalue weighted by Gasteiger charge is -2.31. The van der Waals surface area contributed by atoms with E-state index in [1.165, 1.54) is 23.5 Å². The number of hydrogen-bond acceptors (Lipinski definition) is 8. The first-order valence-electron chi connectivity index (χ1n) is 12.3. The van der Waals surface area contributed by atoms with Crippen LogP contribution in [-0.4, -0.2) is 40.2 Å². The molecule has 1 fully saturated rings. The van der Waals surface area contributed by atoms with Crippen molar-refractivity contribution >= 4 is 28.6 Å². The van der Waals surface area contributed by atoms with Crippen LogP contribution >= 0.6 is 11.3 Å². The molecule has 8 nitrogen and oxygen atoms in total. The molecule has 0 bridgehead atoms. The maximum absolute atomic E-state index is 14.7. The number of carbonyl (C=O) groups is 1. The third-order valence-corrected chi connectivity index (χ3v) is 7.27. The number of ether oxygens (including phenoxy) is 1. The van der Waals surface area contributed by atoms with Crippen LogP contribution in [0.25, 0.3) is 10.6 Å². The number of para-hydroxylation sites is 1. The molecule has 3 N–H and O–H groups in total. The maximum atomic E-state index is 14.7. The molecular formula is C27H25F3N6O2S. The van der Waals surface area contributed by atoms with Crippen LogP contribution in [-0.2, 0) is 17.4 Å². The Kier molecular flexibility index (Phi) is 7.75. The van der Waals surface area contributed by atoms with E-state index >= 15 is 0 Å². The number of alkyl halides is 3. The molecule has 0 spiro atoms. The summed E-state index contributed by atoms with van der Waals surface area (Å²) in [6.45, 7) is 0.554. The number of rotatable bonds is 8. The number of thiazole rings is 1. The van der Waals surface area contributed by atoms with Gasteiger partial charge in [0.05, 0.1) is 35.9 Å². The number of anilines is 2. The molecule has 202 valence electrons. The summed E-state index contributed by atoms with van der Waals surface area (Å²) in [5, 5.41) is 12.7. The van der Waals surface area contributed by atoms with Crippen molar-refractivity contribution in [1.29, 1.82) is 0 Å². The Morgan fingerprint density at radius 1 is 1.15 bits per heavy atom. The molecule has 12 heteroatoms. The first-order valence-corrected chi connectivity index (χ1v) is 13.2. The van der Waals surface area contributed by atoms with Crippen molar-refractivity contribution in [1.82, 2.24) is 15.2 Å². The minimum Gasteiger partial charge on any atom is -0.457 e. The lowest BCUT2D eigenvalue weighted by molar-refractivity contribution is -0.138.